The van der Waals surface area contributed by atoms with Crippen LogP contribution in [0.4, 0.5) is 13.2 Å². The van der Waals surface area contributed by atoms with Gasteiger partial charge in [0.1, 0.15) is 5.82 Å². The van der Waals surface area contributed by atoms with Crippen molar-refractivity contribution in [2.45, 2.75) is 39.0 Å². The highest BCUT2D eigenvalue weighted by molar-refractivity contribution is 5.42. The highest BCUT2D eigenvalue weighted by Crippen LogP contribution is 2.34. The summed E-state index contributed by atoms with van der Waals surface area (Å²) >= 11 is 0. The molecule has 1 aliphatic heterocycles. The summed E-state index contributed by atoms with van der Waals surface area (Å²) in [6, 6.07) is 2.09. The number of aromatic nitrogens is 2. The summed E-state index contributed by atoms with van der Waals surface area (Å²) in [6.45, 7) is 5.98. The Labute approximate surface area is 127 Å². The third-order valence-corrected chi connectivity index (χ3v) is 4.22. The molecule has 0 aliphatic carbocycles. The van der Waals surface area contributed by atoms with Crippen molar-refractivity contribution in [3.05, 3.63) is 58.4 Å². The Hall–Kier alpha value is -2.04. The molecule has 0 N–H and O–H groups in total. The molecule has 2 unspecified atom stereocenters. The normalized spacial score (nSPS) is 18.8. The van der Waals surface area contributed by atoms with Crippen molar-refractivity contribution in [2.24, 2.45) is 0 Å². The van der Waals surface area contributed by atoms with Crippen LogP contribution in [0.25, 0.3) is 6.20 Å². The first-order valence-corrected chi connectivity index (χ1v) is 7.27. The zero-order valence-electron chi connectivity index (χ0n) is 12.7. The highest BCUT2D eigenvalue weighted by Gasteiger charge is 2.24. The molecule has 2 aromatic rings. The van der Waals surface area contributed by atoms with Gasteiger partial charge in [-0.3, -0.25) is 0 Å². The van der Waals surface area contributed by atoms with Crippen molar-refractivity contribution >= 4 is 6.20 Å². The summed E-state index contributed by atoms with van der Waals surface area (Å²) in [5.74, 6) is -2.82. The Morgan fingerprint density at radius 1 is 1.23 bits per heavy atom. The van der Waals surface area contributed by atoms with Gasteiger partial charge in [0.25, 0.3) is 0 Å². The lowest BCUT2D eigenvalue weighted by molar-refractivity contribution is 0.444. The molecule has 0 bridgehead atoms. The molecular weight excluding hydrogens is 289 g/mol. The molecule has 0 amide bonds. The third-order valence-electron chi connectivity index (χ3n) is 4.22. The molecular formula is C17H17F3N2. The Morgan fingerprint density at radius 3 is 2.50 bits per heavy atom. The molecule has 1 aromatic carbocycles. The average molecular weight is 306 g/mol. The number of allylic oxidation sites excluding steroid dienone is 1. The quantitative estimate of drug-likeness (QED) is 0.727. The van der Waals surface area contributed by atoms with E-state index in [1.165, 1.54) is 5.57 Å². The van der Waals surface area contributed by atoms with E-state index in [0.29, 0.717) is 11.5 Å². The fourth-order valence-corrected chi connectivity index (χ4v) is 3.06. The second-order valence-electron chi connectivity index (χ2n) is 6.01. The summed E-state index contributed by atoms with van der Waals surface area (Å²) in [6.07, 6.45) is 4.68. The van der Waals surface area contributed by atoms with Crippen molar-refractivity contribution in [3.8, 4) is 0 Å². The van der Waals surface area contributed by atoms with Crippen LogP contribution >= 0.6 is 0 Å². The molecule has 22 heavy (non-hydrogen) atoms. The van der Waals surface area contributed by atoms with E-state index in [1.54, 1.807) is 6.20 Å². The molecule has 0 fully saturated rings. The first kappa shape index (κ1) is 14.9. The van der Waals surface area contributed by atoms with Gasteiger partial charge in [-0.2, -0.15) is 0 Å². The molecule has 2 nitrogen and oxygen atoms in total. The van der Waals surface area contributed by atoms with Crippen LogP contribution in [0.1, 0.15) is 56.1 Å². The molecule has 5 heteroatoms. The lowest BCUT2D eigenvalue weighted by Crippen LogP contribution is -2.12. The lowest BCUT2D eigenvalue weighted by Gasteiger charge is -2.22. The average Bonchev–Trinajstić information content (AvgIpc) is 2.87. The van der Waals surface area contributed by atoms with E-state index in [2.05, 4.69) is 11.9 Å². The number of rotatable bonds is 2. The molecule has 0 spiro atoms. The topological polar surface area (TPSA) is 17.8 Å². The molecule has 1 aromatic heterocycles. The monoisotopic (exact) mass is 306 g/mol. The fourth-order valence-electron chi connectivity index (χ4n) is 3.06. The summed E-state index contributed by atoms with van der Waals surface area (Å²) in [5, 5.41) is 0. The van der Waals surface area contributed by atoms with Crippen LogP contribution < -0.4 is 0 Å². The van der Waals surface area contributed by atoms with Gasteiger partial charge in [-0.05, 0) is 31.0 Å². The Balaban J connectivity index is 2.06. The minimum Gasteiger partial charge on any atom is -0.307 e. The van der Waals surface area contributed by atoms with Crippen LogP contribution in [-0.4, -0.2) is 9.55 Å². The minimum absolute atomic E-state index is 0.291. The number of imidazole rings is 1. The lowest BCUT2D eigenvalue weighted by atomic mass is 9.96. The summed E-state index contributed by atoms with van der Waals surface area (Å²) in [4.78, 5) is 4.44. The van der Waals surface area contributed by atoms with E-state index in [-0.39, 0.29) is 5.92 Å². The Morgan fingerprint density at radius 2 is 1.86 bits per heavy atom. The van der Waals surface area contributed by atoms with Gasteiger partial charge < -0.3 is 4.57 Å². The molecule has 2 atom stereocenters. The van der Waals surface area contributed by atoms with Gasteiger partial charge in [0.2, 0.25) is 0 Å². The van der Waals surface area contributed by atoms with Crippen LogP contribution in [0.15, 0.2) is 23.9 Å². The van der Waals surface area contributed by atoms with Crippen molar-refractivity contribution < 1.29 is 13.2 Å². The molecule has 1 aliphatic rings. The Kier molecular flexibility index (Phi) is 3.59. The predicted molar refractivity (Wildman–Crippen MR) is 79.0 cm³/mol. The number of halogens is 3. The van der Waals surface area contributed by atoms with Crippen LogP contribution in [0.5, 0.6) is 0 Å². The molecule has 2 heterocycles. The number of fused-ring (bicyclic) bond motifs is 1. The number of benzene rings is 1. The number of hydrogen-bond donors (Lipinski definition) is 0. The van der Waals surface area contributed by atoms with Crippen LogP contribution in [-0.2, 0) is 0 Å². The number of nitrogens with zero attached hydrogens (tertiary/aromatic N) is 2. The van der Waals surface area contributed by atoms with Crippen LogP contribution in [0.3, 0.4) is 0 Å². The van der Waals surface area contributed by atoms with Crippen LogP contribution in [0.2, 0.25) is 0 Å². The zero-order valence-corrected chi connectivity index (χ0v) is 12.7. The highest BCUT2D eigenvalue weighted by atomic mass is 19.2. The first-order chi connectivity index (χ1) is 10.4. The molecule has 116 valence electrons. The van der Waals surface area contributed by atoms with Crippen molar-refractivity contribution in [1.29, 1.82) is 0 Å². The van der Waals surface area contributed by atoms with Gasteiger partial charge in [-0.15, -0.1) is 0 Å². The first-order valence-electron chi connectivity index (χ1n) is 7.27. The summed E-state index contributed by atoms with van der Waals surface area (Å²) in [7, 11) is 0. The minimum atomic E-state index is -1.43. The van der Waals surface area contributed by atoms with Crippen molar-refractivity contribution in [2.75, 3.05) is 0 Å². The van der Waals surface area contributed by atoms with E-state index >= 15 is 0 Å². The molecule has 0 saturated carbocycles. The molecule has 0 radical (unpaired) electrons. The molecule has 3 rings (SSSR count). The van der Waals surface area contributed by atoms with Gasteiger partial charge in [0.15, 0.2) is 17.5 Å². The maximum Gasteiger partial charge on any atom is 0.194 e. The largest absolute Gasteiger partial charge is 0.307 e. The van der Waals surface area contributed by atoms with Crippen LogP contribution in [0, 0.1) is 17.5 Å². The summed E-state index contributed by atoms with van der Waals surface area (Å²) < 4.78 is 42.0. The Bertz CT molecular complexity index is 738. The second-order valence-corrected chi connectivity index (χ2v) is 6.01. The smallest absolute Gasteiger partial charge is 0.194 e. The van der Waals surface area contributed by atoms with Crippen molar-refractivity contribution in [1.82, 2.24) is 9.55 Å². The van der Waals surface area contributed by atoms with E-state index in [0.717, 1.165) is 30.1 Å². The summed E-state index contributed by atoms with van der Waals surface area (Å²) in [5.41, 5.74) is 2.46. The maximum atomic E-state index is 13.5. The molecule has 0 saturated heterocycles. The van der Waals surface area contributed by atoms with E-state index in [1.807, 2.05) is 24.6 Å². The van der Waals surface area contributed by atoms with Gasteiger partial charge in [-0.1, -0.05) is 19.4 Å². The predicted octanol–water partition coefficient (Wildman–Crippen LogP) is 4.82. The van der Waals surface area contributed by atoms with Gasteiger partial charge >= 0.3 is 0 Å². The van der Waals surface area contributed by atoms with Gasteiger partial charge in [-0.25, -0.2) is 18.2 Å². The van der Waals surface area contributed by atoms with E-state index < -0.39 is 17.5 Å². The SMILES string of the molecule is CC1=Cn2c(C(C)c3cc(F)c(F)c(F)c3)cnc2C(C)C1. The zero-order chi connectivity index (χ0) is 16.0. The van der Waals surface area contributed by atoms with Gasteiger partial charge in [0.05, 0.1) is 0 Å². The second kappa shape index (κ2) is 5.30. The standard InChI is InChI=1S/C17H17F3N2/c1-9-4-10(2)17-21-7-15(22(17)8-9)11(3)12-5-13(18)16(20)14(19)6-12/h5-8,10-11H,4H2,1-3H3. The van der Waals surface area contributed by atoms with Crippen molar-refractivity contribution in [3.63, 3.8) is 0 Å². The fraction of sp³-hybridized carbons (Fsp3) is 0.353. The van der Waals surface area contributed by atoms with E-state index in [9.17, 15) is 13.2 Å². The maximum absolute atomic E-state index is 13.5. The third kappa shape index (κ3) is 2.34. The van der Waals surface area contributed by atoms with Gasteiger partial charge in [0, 0.05) is 29.9 Å². The van der Waals surface area contributed by atoms with E-state index in [4.69, 9.17) is 0 Å². The number of hydrogen-bond acceptors (Lipinski definition) is 1.